The van der Waals surface area contributed by atoms with Gasteiger partial charge in [-0.2, -0.15) is 0 Å². The predicted molar refractivity (Wildman–Crippen MR) is 139 cm³/mol. The highest BCUT2D eigenvalue weighted by Crippen LogP contribution is 2.33. The van der Waals surface area contributed by atoms with Crippen molar-refractivity contribution in [2.24, 2.45) is 0 Å². The molecule has 1 N–H and O–H groups in total. The minimum Gasteiger partial charge on any atom is -0.496 e. The molecule has 0 aliphatic carbocycles. The van der Waals surface area contributed by atoms with Crippen LogP contribution in [0.5, 0.6) is 5.75 Å². The second kappa shape index (κ2) is 11.3. The summed E-state index contributed by atoms with van der Waals surface area (Å²) in [6.45, 7) is 1.87. The standard InChI is InChI=1S/C28H22ClFN2O6/c1-3-38-27(35)17-8-10-19(11-9-17)32-26(34)21(25(33)31-28(32)36)12-16-13-22(29)20(24(14-16)37-2)15-18-6-4-5-7-23(18)30/h4-14H,3,15H2,1-2H3,(H,31,33,36)/b21-12+. The monoisotopic (exact) mass is 536 g/mol. The Labute approximate surface area is 222 Å². The summed E-state index contributed by atoms with van der Waals surface area (Å²) in [4.78, 5) is 51.0. The molecular formula is C28H22ClFN2O6. The van der Waals surface area contributed by atoms with Crippen LogP contribution < -0.4 is 15.0 Å². The van der Waals surface area contributed by atoms with Gasteiger partial charge in [0.25, 0.3) is 11.8 Å². The number of esters is 1. The zero-order valence-corrected chi connectivity index (χ0v) is 21.2. The Bertz CT molecular complexity index is 1470. The minimum absolute atomic E-state index is 0.148. The van der Waals surface area contributed by atoms with E-state index in [0.717, 1.165) is 4.90 Å². The molecule has 8 nitrogen and oxygen atoms in total. The van der Waals surface area contributed by atoms with Gasteiger partial charge in [0, 0.05) is 17.0 Å². The number of hydrogen-bond acceptors (Lipinski definition) is 6. The Morgan fingerprint density at radius 2 is 1.79 bits per heavy atom. The van der Waals surface area contributed by atoms with Gasteiger partial charge in [-0.15, -0.1) is 0 Å². The molecule has 1 fully saturated rings. The summed E-state index contributed by atoms with van der Waals surface area (Å²) in [5, 5.41) is 2.38. The third-order valence-electron chi connectivity index (χ3n) is 5.77. The summed E-state index contributed by atoms with van der Waals surface area (Å²) < 4.78 is 24.6. The number of imide groups is 2. The Morgan fingerprint density at radius 1 is 1.08 bits per heavy atom. The molecule has 0 unspecified atom stereocenters. The highest BCUT2D eigenvalue weighted by molar-refractivity contribution is 6.39. The van der Waals surface area contributed by atoms with Crippen molar-refractivity contribution in [3.63, 3.8) is 0 Å². The number of ether oxygens (including phenoxy) is 2. The van der Waals surface area contributed by atoms with Crippen LogP contribution in [0.4, 0.5) is 14.9 Å². The lowest BCUT2D eigenvalue weighted by atomic mass is 10.00. The van der Waals surface area contributed by atoms with Crippen LogP contribution >= 0.6 is 11.6 Å². The van der Waals surface area contributed by atoms with Crippen molar-refractivity contribution in [2.75, 3.05) is 18.6 Å². The first-order chi connectivity index (χ1) is 18.2. The lowest BCUT2D eigenvalue weighted by molar-refractivity contribution is -0.122. The van der Waals surface area contributed by atoms with Crippen LogP contribution in [0.15, 0.2) is 66.2 Å². The van der Waals surface area contributed by atoms with Crippen molar-refractivity contribution in [2.45, 2.75) is 13.3 Å². The van der Waals surface area contributed by atoms with Crippen LogP contribution in [-0.4, -0.2) is 37.5 Å². The largest absolute Gasteiger partial charge is 0.496 e. The first kappa shape index (κ1) is 26.6. The second-order valence-electron chi connectivity index (χ2n) is 8.18. The van der Waals surface area contributed by atoms with E-state index in [0.29, 0.717) is 22.4 Å². The molecule has 3 aromatic rings. The maximum absolute atomic E-state index is 14.2. The molecule has 38 heavy (non-hydrogen) atoms. The third-order valence-corrected chi connectivity index (χ3v) is 6.11. The Hall–Kier alpha value is -4.50. The fourth-order valence-electron chi connectivity index (χ4n) is 3.92. The number of halogens is 2. The van der Waals surface area contributed by atoms with E-state index in [1.54, 1.807) is 31.2 Å². The van der Waals surface area contributed by atoms with Crippen LogP contribution in [0.2, 0.25) is 5.02 Å². The first-order valence-electron chi connectivity index (χ1n) is 11.5. The van der Waals surface area contributed by atoms with Gasteiger partial charge in [0.2, 0.25) is 0 Å². The maximum Gasteiger partial charge on any atom is 0.338 e. The number of nitrogens with one attached hydrogen (secondary N) is 1. The van der Waals surface area contributed by atoms with Crippen LogP contribution in [0, 0.1) is 5.82 Å². The van der Waals surface area contributed by atoms with Crippen LogP contribution in [0.3, 0.4) is 0 Å². The minimum atomic E-state index is -0.933. The number of rotatable bonds is 7. The zero-order valence-electron chi connectivity index (χ0n) is 20.4. The molecule has 0 bridgehead atoms. The lowest BCUT2D eigenvalue weighted by Crippen LogP contribution is -2.54. The lowest BCUT2D eigenvalue weighted by Gasteiger charge is -2.26. The average molecular weight is 537 g/mol. The number of benzene rings is 3. The molecule has 4 amide bonds. The molecule has 10 heteroatoms. The van der Waals surface area contributed by atoms with Gasteiger partial charge in [-0.25, -0.2) is 18.9 Å². The highest BCUT2D eigenvalue weighted by atomic mass is 35.5. The number of carbonyl (C=O) groups excluding carboxylic acids is 4. The normalized spacial score (nSPS) is 14.5. The quantitative estimate of drug-likeness (QED) is 0.261. The summed E-state index contributed by atoms with van der Waals surface area (Å²) in [5.41, 5.74) is 1.37. The van der Waals surface area contributed by atoms with Gasteiger partial charge in [-0.1, -0.05) is 29.8 Å². The smallest absolute Gasteiger partial charge is 0.338 e. The zero-order chi connectivity index (χ0) is 27.4. The number of methoxy groups -OCH3 is 1. The van der Waals surface area contributed by atoms with Crippen molar-refractivity contribution < 1.29 is 33.0 Å². The van der Waals surface area contributed by atoms with Crippen molar-refractivity contribution >= 4 is 47.2 Å². The van der Waals surface area contributed by atoms with Gasteiger partial charge in [0.15, 0.2) is 0 Å². The predicted octanol–water partition coefficient (Wildman–Crippen LogP) is 4.92. The van der Waals surface area contributed by atoms with Gasteiger partial charge in [0.1, 0.15) is 17.1 Å². The van der Waals surface area contributed by atoms with Gasteiger partial charge in [0.05, 0.1) is 25.0 Å². The first-order valence-corrected chi connectivity index (χ1v) is 11.9. The van der Waals surface area contributed by atoms with Crippen molar-refractivity contribution in [3.05, 3.63) is 99.3 Å². The highest BCUT2D eigenvalue weighted by Gasteiger charge is 2.37. The molecule has 3 aromatic carbocycles. The molecule has 194 valence electrons. The average Bonchev–Trinajstić information content (AvgIpc) is 2.89. The van der Waals surface area contributed by atoms with Gasteiger partial charge < -0.3 is 9.47 Å². The molecule has 1 heterocycles. The van der Waals surface area contributed by atoms with E-state index in [4.69, 9.17) is 21.1 Å². The fourth-order valence-corrected chi connectivity index (χ4v) is 4.21. The summed E-state index contributed by atoms with van der Waals surface area (Å²) >= 11 is 6.50. The summed E-state index contributed by atoms with van der Waals surface area (Å²) in [5.74, 6) is -2.35. The van der Waals surface area contributed by atoms with Crippen molar-refractivity contribution in [1.29, 1.82) is 0 Å². The summed E-state index contributed by atoms with van der Waals surface area (Å²) in [7, 11) is 1.42. The van der Waals surface area contributed by atoms with Gasteiger partial charge in [-0.05, 0) is 66.6 Å². The molecule has 0 spiro atoms. The topological polar surface area (TPSA) is 102 Å². The third kappa shape index (κ3) is 5.42. The number of amides is 4. The molecule has 1 aliphatic rings. The number of urea groups is 1. The van der Waals surface area contributed by atoms with E-state index >= 15 is 0 Å². The Balaban J connectivity index is 1.66. The molecule has 0 aromatic heterocycles. The second-order valence-corrected chi connectivity index (χ2v) is 8.58. The van der Waals surface area contributed by atoms with Crippen molar-refractivity contribution in [1.82, 2.24) is 5.32 Å². The molecule has 0 saturated carbocycles. The molecule has 0 atom stereocenters. The fraction of sp³-hybridized carbons (Fsp3) is 0.143. The Kier molecular flexibility index (Phi) is 7.87. The molecular weight excluding hydrogens is 515 g/mol. The van der Waals surface area contributed by atoms with Gasteiger partial charge >= 0.3 is 12.0 Å². The van der Waals surface area contributed by atoms with E-state index in [1.807, 2.05) is 0 Å². The van der Waals surface area contributed by atoms with Gasteiger partial charge in [-0.3, -0.25) is 14.9 Å². The van der Waals surface area contributed by atoms with Crippen LogP contribution in [0.25, 0.3) is 6.08 Å². The Morgan fingerprint density at radius 3 is 2.45 bits per heavy atom. The summed E-state index contributed by atoms with van der Waals surface area (Å²) in [6, 6.07) is 14.0. The molecule has 4 rings (SSSR count). The number of carbonyl (C=O) groups is 4. The van der Waals surface area contributed by atoms with E-state index in [-0.39, 0.29) is 40.7 Å². The van der Waals surface area contributed by atoms with E-state index in [2.05, 4.69) is 5.32 Å². The summed E-state index contributed by atoms with van der Waals surface area (Å²) in [6.07, 6.45) is 1.44. The van der Waals surface area contributed by atoms with E-state index in [1.165, 1.54) is 49.6 Å². The van der Waals surface area contributed by atoms with E-state index in [9.17, 15) is 23.6 Å². The van der Waals surface area contributed by atoms with E-state index < -0.39 is 23.8 Å². The number of hydrogen-bond donors (Lipinski definition) is 1. The van der Waals surface area contributed by atoms with Crippen LogP contribution in [-0.2, 0) is 20.7 Å². The SMILES string of the molecule is CCOC(=O)c1ccc(N2C(=O)NC(=O)/C(=C\c3cc(Cl)c(Cc4ccccc4F)c(OC)c3)C2=O)cc1. The van der Waals surface area contributed by atoms with Crippen molar-refractivity contribution in [3.8, 4) is 5.75 Å². The molecule has 1 aliphatic heterocycles. The van der Waals surface area contributed by atoms with Crippen LogP contribution in [0.1, 0.15) is 34.0 Å². The number of anilines is 1. The molecule has 0 radical (unpaired) electrons. The number of barbiturate groups is 1. The molecule has 1 saturated heterocycles. The number of nitrogens with zero attached hydrogens (tertiary/aromatic N) is 1. The maximum atomic E-state index is 14.2.